The quantitative estimate of drug-likeness (QED) is 0.477. The van der Waals surface area contributed by atoms with Crippen molar-refractivity contribution in [3.05, 3.63) is 84.5 Å². The van der Waals surface area contributed by atoms with Crippen LogP contribution in [0.1, 0.15) is 5.56 Å². The highest BCUT2D eigenvalue weighted by Gasteiger charge is 2.14. The molecule has 0 spiro atoms. The topological polar surface area (TPSA) is 50.7 Å². The highest BCUT2D eigenvalue weighted by molar-refractivity contribution is 5.93. The second-order valence-electron chi connectivity index (χ2n) is 6.00. The average Bonchev–Trinajstić information content (AvgIpc) is 2.72. The maximum absolute atomic E-state index is 13.6. The van der Waals surface area contributed by atoms with E-state index >= 15 is 0 Å². The van der Waals surface area contributed by atoms with E-state index < -0.39 is 17.5 Å². The molecule has 138 valence electrons. The van der Waals surface area contributed by atoms with Gasteiger partial charge in [-0.1, -0.05) is 18.7 Å². The van der Waals surface area contributed by atoms with E-state index in [0.29, 0.717) is 28.1 Å². The number of hydrogen-bond acceptors (Lipinski definition) is 4. The first-order chi connectivity index (χ1) is 13.5. The van der Waals surface area contributed by atoms with Gasteiger partial charge in [0.2, 0.25) is 0 Å². The molecule has 28 heavy (non-hydrogen) atoms. The van der Waals surface area contributed by atoms with Gasteiger partial charge in [-0.2, -0.15) is 0 Å². The zero-order valence-electron chi connectivity index (χ0n) is 14.5. The van der Waals surface area contributed by atoms with Gasteiger partial charge < -0.3 is 5.32 Å². The summed E-state index contributed by atoms with van der Waals surface area (Å²) in [6.45, 7) is 3.74. The van der Waals surface area contributed by atoms with Crippen LogP contribution in [0, 0.1) is 17.5 Å². The molecule has 4 aromatic rings. The molecule has 0 fully saturated rings. The van der Waals surface area contributed by atoms with Crippen LogP contribution in [-0.4, -0.2) is 15.0 Å². The molecule has 4 nitrogen and oxygen atoms in total. The second-order valence-corrected chi connectivity index (χ2v) is 6.00. The summed E-state index contributed by atoms with van der Waals surface area (Å²) in [6.07, 6.45) is 4.90. The van der Waals surface area contributed by atoms with E-state index in [1.807, 2.05) is 6.07 Å². The Bertz CT molecular complexity index is 1170. The summed E-state index contributed by atoms with van der Waals surface area (Å²) >= 11 is 0. The highest BCUT2D eigenvalue weighted by Crippen LogP contribution is 2.29. The zero-order valence-corrected chi connectivity index (χ0v) is 14.5. The van der Waals surface area contributed by atoms with Crippen molar-refractivity contribution in [2.75, 3.05) is 5.32 Å². The Hall–Kier alpha value is -3.74. The van der Waals surface area contributed by atoms with Crippen LogP contribution in [0.15, 0.2) is 61.4 Å². The van der Waals surface area contributed by atoms with Crippen LogP contribution in [0.4, 0.5) is 24.7 Å². The van der Waals surface area contributed by atoms with E-state index in [-0.39, 0.29) is 5.69 Å². The van der Waals surface area contributed by atoms with Gasteiger partial charge in [-0.15, -0.1) is 0 Å². The molecule has 0 saturated carbocycles. The average molecular weight is 378 g/mol. The molecule has 7 heteroatoms. The van der Waals surface area contributed by atoms with E-state index in [4.69, 9.17) is 0 Å². The van der Waals surface area contributed by atoms with Crippen molar-refractivity contribution in [2.45, 2.75) is 0 Å². The second kappa shape index (κ2) is 7.11. The molecular formula is C21H13F3N4. The first-order valence-corrected chi connectivity index (χ1v) is 8.31. The Morgan fingerprint density at radius 3 is 2.43 bits per heavy atom. The summed E-state index contributed by atoms with van der Waals surface area (Å²) in [6, 6.07) is 10.7. The number of pyridine rings is 1. The van der Waals surface area contributed by atoms with E-state index in [1.165, 1.54) is 0 Å². The summed E-state index contributed by atoms with van der Waals surface area (Å²) in [5.41, 5.74) is 2.14. The fourth-order valence-corrected chi connectivity index (χ4v) is 2.76. The lowest BCUT2D eigenvalue weighted by Crippen LogP contribution is -2.01. The van der Waals surface area contributed by atoms with Crippen molar-refractivity contribution in [1.82, 2.24) is 15.0 Å². The molecule has 0 atom stereocenters. The molecule has 0 aliphatic rings. The SMILES string of the molecule is C=Cc1ccc2nc(-c3cccnc3)nc(Nc3cc(F)c(F)c(F)c3)c2c1. The summed E-state index contributed by atoms with van der Waals surface area (Å²) < 4.78 is 40.5. The van der Waals surface area contributed by atoms with Gasteiger partial charge in [-0.3, -0.25) is 4.98 Å². The van der Waals surface area contributed by atoms with Crippen molar-refractivity contribution in [3.63, 3.8) is 0 Å². The van der Waals surface area contributed by atoms with Gasteiger partial charge in [0.05, 0.1) is 5.52 Å². The summed E-state index contributed by atoms with van der Waals surface area (Å²) in [5.74, 6) is -3.40. The van der Waals surface area contributed by atoms with Crippen LogP contribution in [0.5, 0.6) is 0 Å². The normalized spacial score (nSPS) is 10.8. The first kappa shape index (κ1) is 17.7. The molecule has 0 saturated heterocycles. The minimum atomic E-state index is -1.52. The number of halogens is 3. The number of rotatable bonds is 4. The van der Waals surface area contributed by atoms with Crippen LogP contribution in [0.25, 0.3) is 28.4 Å². The Labute approximate surface area is 158 Å². The number of nitrogens with zero attached hydrogens (tertiary/aromatic N) is 3. The van der Waals surface area contributed by atoms with Crippen molar-refractivity contribution in [2.24, 2.45) is 0 Å². The van der Waals surface area contributed by atoms with Crippen molar-refractivity contribution < 1.29 is 13.2 Å². The van der Waals surface area contributed by atoms with Crippen molar-refractivity contribution in [3.8, 4) is 11.4 Å². The fourth-order valence-electron chi connectivity index (χ4n) is 2.76. The molecule has 0 radical (unpaired) electrons. The molecule has 0 unspecified atom stereocenters. The molecule has 0 aliphatic carbocycles. The van der Waals surface area contributed by atoms with Gasteiger partial charge in [0.25, 0.3) is 0 Å². The van der Waals surface area contributed by atoms with Gasteiger partial charge in [0, 0.05) is 41.2 Å². The van der Waals surface area contributed by atoms with Crippen LogP contribution in [0.3, 0.4) is 0 Å². The predicted molar refractivity (Wildman–Crippen MR) is 102 cm³/mol. The van der Waals surface area contributed by atoms with Crippen LogP contribution in [-0.2, 0) is 0 Å². The third-order valence-corrected chi connectivity index (χ3v) is 4.12. The highest BCUT2D eigenvalue weighted by atomic mass is 19.2. The summed E-state index contributed by atoms with van der Waals surface area (Å²) in [4.78, 5) is 13.1. The lowest BCUT2D eigenvalue weighted by atomic mass is 10.1. The van der Waals surface area contributed by atoms with E-state index in [9.17, 15) is 13.2 Å². The Kier molecular flexibility index (Phi) is 4.49. The monoisotopic (exact) mass is 378 g/mol. The summed E-state index contributed by atoms with van der Waals surface area (Å²) in [7, 11) is 0. The molecule has 2 aromatic carbocycles. The molecule has 0 amide bonds. The Balaban J connectivity index is 1.90. The van der Waals surface area contributed by atoms with Gasteiger partial charge in [0.15, 0.2) is 23.3 Å². The minimum absolute atomic E-state index is 0.0255. The Morgan fingerprint density at radius 1 is 0.964 bits per heavy atom. The zero-order chi connectivity index (χ0) is 19.7. The molecule has 0 bridgehead atoms. The third-order valence-electron chi connectivity index (χ3n) is 4.12. The smallest absolute Gasteiger partial charge is 0.194 e. The standard InChI is InChI=1S/C21H13F3N4/c1-2-12-5-6-18-15(8-12)21(26-14-9-16(22)19(24)17(23)10-14)28-20(27-18)13-4-3-7-25-11-13/h2-11H,1H2,(H,26,27,28). The lowest BCUT2D eigenvalue weighted by molar-refractivity contribution is 0.448. The number of anilines is 2. The largest absolute Gasteiger partial charge is 0.339 e. The van der Waals surface area contributed by atoms with Gasteiger partial charge >= 0.3 is 0 Å². The van der Waals surface area contributed by atoms with Gasteiger partial charge in [-0.05, 0) is 29.8 Å². The number of benzene rings is 2. The maximum Gasteiger partial charge on any atom is 0.194 e. The van der Waals surface area contributed by atoms with Crippen LogP contribution < -0.4 is 5.32 Å². The molecule has 4 rings (SSSR count). The molecule has 2 aromatic heterocycles. The number of nitrogens with one attached hydrogen (secondary N) is 1. The van der Waals surface area contributed by atoms with Crippen LogP contribution in [0.2, 0.25) is 0 Å². The lowest BCUT2D eigenvalue weighted by Gasteiger charge is -2.12. The van der Waals surface area contributed by atoms with E-state index in [2.05, 4.69) is 26.8 Å². The van der Waals surface area contributed by atoms with Gasteiger partial charge in [0.1, 0.15) is 5.82 Å². The third kappa shape index (κ3) is 3.29. The fraction of sp³-hybridized carbons (Fsp3) is 0. The van der Waals surface area contributed by atoms with Crippen molar-refractivity contribution in [1.29, 1.82) is 0 Å². The molecular weight excluding hydrogens is 365 g/mol. The molecule has 2 heterocycles. The number of fused-ring (bicyclic) bond motifs is 1. The molecule has 0 aliphatic heterocycles. The van der Waals surface area contributed by atoms with E-state index in [0.717, 1.165) is 17.7 Å². The number of aromatic nitrogens is 3. The van der Waals surface area contributed by atoms with Crippen LogP contribution >= 0.6 is 0 Å². The number of hydrogen-bond donors (Lipinski definition) is 1. The molecule has 1 N–H and O–H groups in total. The minimum Gasteiger partial charge on any atom is -0.339 e. The Morgan fingerprint density at radius 2 is 1.75 bits per heavy atom. The predicted octanol–water partition coefficient (Wildman–Crippen LogP) is 5.50. The first-order valence-electron chi connectivity index (χ1n) is 8.31. The summed E-state index contributed by atoms with van der Waals surface area (Å²) in [5, 5.41) is 3.49. The van der Waals surface area contributed by atoms with E-state index in [1.54, 1.807) is 42.7 Å². The maximum atomic E-state index is 13.6. The van der Waals surface area contributed by atoms with Crippen molar-refractivity contribution >= 4 is 28.5 Å². The van der Waals surface area contributed by atoms with Gasteiger partial charge in [-0.25, -0.2) is 23.1 Å².